The van der Waals surface area contributed by atoms with Crippen LogP contribution in [0.4, 0.5) is 4.79 Å². The van der Waals surface area contributed by atoms with Crippen molar-refractivity contribution in [3.63, 3.8) is 0 Å². The molecule has 3 aromatic rings. The summed E-state index contributed by atoms with van der Waals surface area (Å²) in [6.45, 7) is 0. The predicted molar refractivity (Wildman–Crippen MR) is 101 cm³/mol. The number of hydrogen-bond acceptors (Lipinski definition) is 4. The van der Waals surface area contributed by atoms with E-state index in [4.69, 9.17) is 10.5 Å². The molecule has 0 saturated heterocycles. The minimum absolute atomic E-state index is 0.589. The molecule has 6 heteroatoms. The first-order valence-electron chi connectivity index (χ1n) is 8.03. The zero-order chi connectivity index (χ0) is 18.4. The predicted octanol–water partition coefficient (Wildman–Crippen LogP) is 3.79. The molecule has 0 saturated carbocycles. The van der Waals surface area contributed by atoms with Crippen molar-refractivity contribution in [3.8, 4) is 0 Å². The fourth-order valence-electron chi connectivity index (χ4n) is 2.60. The van der Waals surface area contributed by atoms with Crippen LogP contribution in [0.5, 0.6) is 0 Å². The lowest BCUT2D eigenvalue weighted by molar-refractivity contribution is -0.120. The molecule has 3 N–H and O–H groups in total. The highest BCUT2D eigenvalue weighted by Gasteiger charge is 2.24. The number of ether oxygens (including phenoxy) is 1. The van der Waals surface area contributed by atoms with Gasteiger partial charge in [0.1, 0.15) is 6.04 Å². The summed E-state index contributed by atoms with van der Waals surface area (Å²) in [7, 11) is 0. The Morgan fingerprint density at radius 3 is 1.92 bits per heavy atom. The van der Waals surface area contributed by atoms with Crippen molar-refractivity contribution in [3.05, 3.63) is 94.2 Å². The average Bonchev–Trinajstić information content (AvgIpc) is 3.20. The summed E-state index contributed by atoms with van der Waals surface area (Å²) in [6, 6.07) is 19.7. The fraction of sp³-hybridized carbons (Fsp3) is 0.100. The van der Waals surface area contributed by atoms with Crippen LogP contribution in [0.25, 0.3) is 0 Å². The van der Waals surface area contributed by atoms with Gasteiger partial charge in [-0.25, -0.2) is 4.79 Å². The van der Waals surface area contributed by atoms with Crippen LogP contribution in [0.2, 0.25) is 0 Å². The number of carbonyl (C=O) groups is 2. The van der Waals surface area contributed by atoms with E-state index in [9.17, 15) is 9.59 Å². The maximum absolute atomic E-state index is 12.5. The molecular weight excluding hydrogens is 348 g/mol. The molecule has 1 aromatic heterocycles. The zero-order valence-corrected chi connectivity index (χ0v) is 14.7. The number of nitrogens with one attached hydrogen (secondary N) is 1. The van der Waals surface area contributed by atoms with Crippen LogP contribution < -0.4 is 11.1 Å². The standard InChI is InChI=1S/C20H18N2O3S/c21-19(23)17(16-11-12-26-13-16)22-20(24)25-18(14-7-3-1-4-8-14)15-9-5-2-6-10-15/h1-13,17-18H,(H2,21,23)(H,22,24). The molecule has 2 aromatic carbocycles. The Balaban J connectivity index is 1.80. The van der Waals surface area contributed by atoms with Crippen molar-refractivity contribution >= 4 is 23.3 Å². The van der Waals surface area contributed by atoms with Gasteiger partial charge >= 0.3 is 6.09 Å². The van der Waals surface area contributed by atoms with E-state index in [1.165, 1.54) is 11.3 Å². The third-order valence-corrected chi connectivity index (χ3v) is 4.55. The maximum Gasteiger partial charge on any atom is 0.409 e. The lowest BCUT2D eigenvalue weighted by Gasteiger charge is -2.21. The van der Waals surface area contributed by atoms with Crippen LogP contribution in [0.15, 0.2) is 77.5 Å². The topological polar surface area (TPSA) is 81.4 Å². The fourth-order valence-corrected chi connectivity index (χ4v) is 3.29. The molecule has 5 nitrogen and oxygen atoms in total. The Morgan fingerprint density at radius 2 is 1.46 bits per heavy atom. The van der Waals surface area contributed by atoms with Gasteiger partial charge in [-0.2, -0.15) is 11.3 Å². The Labute approximate surface area is 155 Å². The van der Waals surface area contributed by atoms with Crippen molar-refractivity contribution < 1.29 is 14.3 Å². The van der Waals surface area contributed by atoms with Gasteiger partial charge in [0.25, 0.3) is 0 Å². The second kappa shape index (κ2) is 8.31. The minimum atomic E-state index is -0.930. The molecule has 0 bridgehead atoms. The van der Waals surface area contributed by atoms with Gasteiger partial charge in [-0.3, -0.25) is 4.79 Å². The molecule has 0 spiro atoms. The lowest BCUT2D eigenvalue weighted by atomic mass is 10.0. The molecule has 0 fully saturated rings. The van der Waals surface area contributed by atoms with Crippen molar-refractivity contribution in [2.45, 2.75) is 12.1 Å². The molecule has 0 aliphatic carbocycles. The number of rotatable bonds is 6. The number of amides is 2. The van der Waals surface area contributed by atoms with Crippen molar-refractivity contribution in [2.24, 2.45) is 5.73 Å². The molecule has 0 aliphatic heterocycles. The van der Waals surface area contributed by atoms with Crippen LogP contribution in [0, 0.1) is 0 Å². The molecule has 0 aliphatic rings. The van der Waals surface area contributed by atoms with E-state index in [0.29, 0.717) is 5.56 Å². The van der Waals surface area contributed by atoms with E-state index in [2.05, 4.69) is 5.32 Å². The van der Waals surface area contributed by atoms with E-state index >= 15 is 0 Å². The molecule has 2 amide bonds. The molecule has 1 heterocycles. The number of alkyl carbamates (subject to hydrolysis) is 1. The Morgan fingerprint density at radius 1 is 0.885 bits per heavy atom. The number of nitrogens with two attached hydrogens (primary N) is 1. The summed E-state index contributed by atoms with van der Waals surface area (Å²) in [5, 5.41) is 6.14. The maximum atomic E-state index is 12.5. The molecule has 1 atom stereocenters. The van der Waals surface area contributed by atoms with Gasteiger partial charge in [0, 0.05) is 0 Å². The first-order valence-corrected chi connectivity index (χ1v) is 8.98. The lowest BCUT2D eigenvalue weighted by Crippen LogP contribution is -2.38. The summed E-state index contributed by atoms with van der Waals surface area (Å²) in [4.78, 5) is 24.2. The Hall–Kier alpha value is -3.12. The summed E-state index contributed by atoms with van der Waals surface area (Å²) in [6.07, 6.45) is -1.30. The monoisotopic (exact) mass is 366 g/mol. The first kappa shape index (κ1) is 17.7. The van der Waals surface area contributed by atoms with Crippen LogP contribution in [0.3, 0.4) is 0 Å². The third kappa shape index (κ3) is 4.29. The zero-order valence-electron chi connectivity index (χ0n) is 13.9. The van der Waals surface area contributed by atoms with Crippen molar-refractivity contribution in [1.29, 1.82) is 0 Å². The van der Waals surface area contributed by atoms with E-state index < -0.39 is 24.1 Å². The summed E-state index contributed by atoms with van der Waals surface area (Å²) in [5.41, 5.74) is 7.73. The largest absolute Gasteiger partial charge is 0.436 e. The normalized spacial score (nSPS) is 11.7. The molecule has 3 rings (SSSR count). The van der Waals surface area contributed by atoms with E-state index in [1.807, 2.05) is 66.0 Å². The van der Waals surface area contributed by atoms with Gasteiger partial charge < -0.3 is 15.8 Å². The van der Waals surface area contributed by atoms with Gasteiger partial charge in [0.15, 0.2) is 6.10 Å². The summed E-state index contributed by atoms with van der Waals surface area (Å²) >= 11 is 1.42. The Bertz CT molecular complexity index is 812. The van der Waals surface area contributed by atoms with Gasteiger partial charge in [0.05, 0.1) is 0 Å². The number of thiophene rings is 1. The minimum Gasteiger partial charge on any atom is -0.436 e. The van der Waals surface area contributed by atoms with Crippen LogP contribution in [-0.2, 0) is 9.53 Å². The highest BCUT2D eigenvalue weighted by atomic mass is 32.1. The molecule has 26 heavy (non-hydrogen) atoms. The average molecular weight is 366 g/mol. The number of hydrogen-bond donors (Lipinski definition) is 2. The number of benzene rings is 2. The molecule has 1 unspecified atom stereocenters. The first-order chi connectivity index (χ1) is 12.6. The highest BCUT2D eigenvalue weighted by Crippen LogP contribution is 2.26. The van der Waals surface area contributed by atoms with Crippen LogP contribution >= 0.6 is 11.3 Å². The smallest absolute Gasteiger partial charge is 0.409 e. The van der Waals surface area contributed by atoms with E-state index in [-0.39, 0.29) is 0 Å². The van der Waals surface area contributed by atoms with Crippen molar-refractivity contribution in [1.82, 2.24) is 5.32 Å². The summed E-state index contributed by atoms with van der Waals surface area (Å²) in [5.74, 6) is -0.642. The van der Waals surface area contributed by atoms with Gasteiger partial charge in [-0.05, 0) is 33.5 Å². The van der Waals surface area contributed by atoms with Gasteiger partial charge in [-0.15, -0.1) is 0 Å². The molecule has 0 radical (unpaired) electrons. The molecule has 132 valence electrons. The second-order valence-electron chi connectivity index (χ2n) is 5.64. The van der Waals surface area contributed by atoms with Crippen LogP contribution in [-0.4, -0.2) is 12.0 Å². The number of carbonyl (C=O) groups excluding carboxylic acids is 2. The molecular formula is C20H18N2O3S. The highest BCUT2D eigenvalue weighted by molar-refractivity contribution is 7.08. The summed E-state index contributed by atoms with van der Waals surface area (Å²) < 4.78 is 5.65. The van der Waals surface area contributed by atoms with Gasteiger partial charge in [0.2, 0.25) is 5.91 Å². The van der Waals surface area contributed by atoms with Gasteiger partial charge in [-0.1, -0.05) is 60.7 Å². The van der Waals surface area contributed by atoms with Crippen LogP contribution in [0.1, 0.15) is 28.8 Å². The third-order valence-electron chi connectivity index (χ3n) is 3.85. The second-order valence-corrected chi connectivity index (χ2v) is 6.42. The number of primary amides is 1. The van der Waals surface area contributed by atoms with E-state index in [0.717, 1.165) is 11.1 Å². The quantitative estimate of drug-likeness (QED) is 0.696. The van der Waals surface area contributed by atoms with Crippen molar-refractivity contribution in [2.75, 3.05) is 0 Å². The Kier molecular flexibility index (Phi) is 5.66. The SMILES string of the molecule is NC(=O)C(NC(=O)OC(c1ccccc1)c1ccccc1)c1ccsc1. The van der Waals surface area contributed by atoms with E-state index in [1.54, 1.807) is 11.4 Å².